The Bertz CT molecular complexity index is 888. The Kier molecular flexibility index (Phi) is 5.65. The molecule has 1 amide bonds. The molecule has 0 aliphatic heterocycles. The molecule has 25 heavy (non-hydrogen) atoms. The minimum absolute atomic E-state index is 0.141. The van der Waals surface area contributed by atoms with Gasteiger partial charge in [-0.2, -0.15) is 0 Å². The summed E-state index contributed by atoms with van der Waals surface area (Å²) in [6, 6.07) is 11.1. The highest BCUT2D eigenvalue weighted by molar-refractivity contribution is 7.89. The highest BCUT2D eigenvalue weighted by atomic mass is 32.2. The maximum Gasteiger partial charge on any atom is 0.253 e. The third-order valence-corrected chi connectivity index (χ3v) is 5.85. The molecule has 0 bridgehead atoms. The normalized spacial score (nSPS) is 11.4. The number of carbonyl (C=O) groups excluding carboxylic acids is 1. The van der Waals surface area contributed by atoms with Crippen molar-refractivity contribution in [2.75, 3.05) is 14.1 Å². The van der Waals surface area contributed by atoms with Crippen molar-refractivity contribution < 1.29 is 13.2 Å². The van der Waals surface area contributed by atoms with Gasteiger partial charge < -0.3 is 4.90 Å². The number of nitrogens with one attached hydrogen (secondary N) is 1. The van der Waals surface area contributed by atoms with Crippen molar-refractivity contribution >= 4 is 15.9 Å². The summed E-state index contributed by atoms with van der Waals surface area (Å²) in [5, 5.41) is 0. The molecule has 0 radical (unpaired) electrons. The number of hydrogen-bond donors (Lipinski definition) is 1. The molecule has 0 atom stereocenters. The first kappa shape index (κ1) is 19.1. The highest BCUT2D eigenvalue weighted by Crippen LogP contribution is 2.22. The van der Waals surface area contributed by atoms with Gasteiger partial charge in [0.25, 0.3) is 5.91 Å². The lowest BCUT2D eigenvalue weighted by Gasteiger charge is -2.19. The van der Waals surface area contributed by atoms with Crippen LogP contribution >= 0.6 is 0 Å². The van der Waals surface area contributed by atoms with Crippen molar-refractivity contribution in [3.05, 3.63) is 64.2 Å². The van der Waals surface area contributed by atoms with Gasteiger partial charge in [0, 0.05) is 19.2 Å². The van der Waals surface area contributed by atoms with E-state index in [1.165, 1.54) is 13.1 Å². The molecule has 2 aromatic rings. The zero-order valence-electron chi connectivity index (χ0n) is 15.3. The third-order valence-electron chi connectivity index (χ3n) is 4.31. The molecular formula is C19H24N2O3S. The van der Waals surface area contributed by atoms with E-state index in [-0.39, 0.29) is 10.8 Å². The number of hydrogen-bond acceptors (Lipinski definition) is 3. The number of benzene rings is 2. The Morgan fingerprint density at radius 3 is 2.24 bits per heavy atom. The molecule has 0 spiro atoms. The fourth-order valence-corrected chi connectivity index (χ4v) is 3.67. The molecular weight excluding hydrogens is 336 g/mol. The van der Waals surface area contributed by atoms with Crippen LogP contribution in [0.1, 0.15) is 32.6 Å². The largest absolute Gasteiger partial charge is 0.337 e. The average Bonchev–Trinajstić information content (AvgIpc) is 2.58. The number of rotatable bonds is 5. The third kappa shape index (κ3) is 4.27. The van der Waals surface area contributed by atoms with E-state index in [1.807, 2.05) is 31.2 Å². The first-order valence-electron chi connectivity index (χ1n) is 8.01. The van der Waals surface area contributed by atoms with Gasteiger partial charge in [0.2, 0.25) is 10.0 Å². The van der Waals surface area contributed by atoms with Crippen LogP contribution in [0.3, 0.4) is 0 Å². The second-order valence-corrected chi connectivity index (χ2v) is 8.13. The standard InChI is InChI=1S/C19H24N2O3S/c1-13-6-8-16(9-7-13)12-21(5)19(22)17-10-14(2)15(3)18(11-17)25(23,24)20-4/h6-11,20H,12H2,1-5H3. The van der Waals surface area contributed by atoms with Gasteiger partial charge in [-0.25, -0.2) is 13.1 Å². The Labute approximate surface area is 149 Å². The van der Waals surface area contributed by atoms with Crippen molar-refractivity contribution in [1.82, 2.24) is 9.62 Å². The fraction of sp³-hybridized carbons (Fsp3) is 0.316. The molecule has 5 nitrogen and oxygen atoms in total. The van der Waals surface area contributed by atoms with E-state index >= 15 is 0 Å². The molecule has 0 fully saturated rings. The van der Waals surface area contributed by atoms with Gasteiger partial charge in [0.15, 0.2) is 0 Å². The van der Waals surface area contributed by atoms with E-state index < -0.39 is 10.0 Å². The summed E-state index contributed by atoms with van der Waals surface area (Å²) in [5.41, 5.74) is 3.96. The van der Waals surface area contributed by atoms with Crippen molar-refractivity contribution in [2.24, 2.45) is 0 Å². The van der Waals surface area contributed by atoms with Crippen LogP contribution in [-0.2, 0) is 16.6 Å². The van der Waals surface area contributed by atoms with Crippen molar-refractivity contribution in [3.8, 4) is 0 Å². The summed E-state index contributed by atoms with van der Waals surface area (Å²) in [6.07, 6.45) is 0. The molecule has 6 heteroatoms. The smallest absolute Gasteiger partial charge is 0.253 e. The van der Waals surface area contributed by atoms with E-state index in [0.29, 0.717) is 17.7 Å². The Hall–Kier alpha value is -2.18. The number of aryl methyl sites for hydroxylation is 2. The van der Waals surface area contributed by atoms with Gasteiger partial charge in [0.05, 0.1) is 4.90 Å². The minimum atomic E-state index is -3.62. The number of sulfonamides is 1. The Balaban J connectivity index is 2.34. The first-order chi connectivity index (χ1) is 11.7. The van der Waals surface area contributed by atoms with Crippen molar-refractivity contribution in [1.29, 1.82) is 0 Å². The zero-order valence-corrected chi connectivity index (χ0v) is 16.1. The monoisotopic (exact) mass is 360 g/mol. The molecule has 0 aliphatic carbocycles. The average molecular weight is 360 g/mol. The van der Waals surface area contributed by atoms with Gasteiger partial charge >= 0.3 is 0 Å². The summed E-state index contributed by atoms with van der Waals surface area (Å²) < 4.78 is 26.7. The van der Waals surface area contributed by atoms with Crippen LogP contribution in [0.25, 0.3) is 0 Å². The van der Waals surface area contributed by atoms with Gasteiger partial charge in [-0.1, -0.05) is 29.8 Å². The molecule has 2 aromatic carbocycles. The maximum atomic E-state index is 12.8. The van der Waals surface area contributed by atoms with E-state index in [0.717, 1.165) is 16.7 Å². The van der Waals surface area contributed by atoms with Crippen molar-refractivity contribution in [2.45, 2.75) is 32.2 Å². The van der Waals surface area contributed by atoms with Gasteiger partial charge in [-0.05, 0) is 56.6 Å². The van der Waals surface area contributed by atoms with Crippen LogP contribution in [0.5, 0.6) is 0 Å². The second kappa shape index (κ2) is 7.37. The summed E-state index contributed by atoms with van der Waals surface area (Å²) in [7, 11) is -0.542. The van der Waals surface area contributed by atoms with Gasteiger partial charge in [0.1, 0.15) is 0 Å². The highest BCUT2D eigenvalue weighted by Gasteiger charge is 2.21. The summed E-state index contributed by atoms with van der Waals surface area (Å²) in [5.74, 6) is -0.212. The fourth-order valence-electron chi connectivity index (χ4n) is 2.60. The molecule has 0 saturated heterocycles. The van der Waals surface area contributed by atoms with Gasteiger partial charge in [-0.3, -0.25) is 4.79 Å². The number of carbonyl (C=O) groups is 1. The molecule has 134 valence electrons. The zero-order chi connectivity index (χ0) is 18.8. The predicted molar refractivity (Wildman–Crippen MR) is 99.1 cm³/mol. The molecule has 2 rings (SSSR count). The molecule has 1 N–H and O–H groups in total. The van der Waals surface area contributed by atoms with Crippen LogP contribution in [0.4, 0.5) is 0 Å². The second-order valence-electron chi connectivity index (χ2n) is 6.27. The molecule has 0 heterocycles. The topological polar surface area (TPSA) is 66.5 Å². The molecule has 0 unspecified atom stereocenters. The first-order valence-corrected chi connectivity index (χ1v) is 9.50. The molecule has 0 aliphatic rings. The number of nitrogens with zero attached hydrogens (tertiary/aromatic N) is 1. The quantitative estimate of drug-likeness (QED) is 0.892. The number of amides is 1. The van der Waals surface area contributed by atoms with Crippen LogP contribution in [-0.4, -0.2) is 33.3 Å². The van der Waals surface area contributed by atoms with E-state index in [2.05, 4.69) is 4.72 Å². The van der Waals surface area contributed by atoms with Crippen LogP contribution in [0.15, 0.2) is 41.3 Å². The minimum Gasteiger partial charge on any atom is -0.337 e. The Morgan fingerprint density at radius 2 is 1.68 bits per heavy atom. The van der Waals surface area contributed by atoms with E-state index in [9.17, 15) is 13.2 Å². The van der Waals surface area contributed by atoms with Crippen LogP contribution in [0.2, 0.25) is 0 Å². The lowest BCUT2D eigenvalue weighted by atomic mass is 10.0. The summed E-state index contributed by atoms with van der Waals surface area (Å²) in [4.78, 5) is 14.5. The van der Waals surface area contributed by atoms with Gasteiger partial charge in [-0.15, -0.1) is 0 Å². The summed E-state index contributed by atoms with van der Waals surface area (Å²) >= 11 is 0. The molecule has 0 aromatic heterocycles. The Morgan fingerprint density at radius 1 is 1.08 bits per heavy atom. The van der Waals surface area contributed by atoms with E-state index in [1.54, 1.807) is 31.9 Å². The van der Waals surface area contributed by atoms with Crippen LogP contribution < -0.4 is 4.72 Å². The SMILES string of the molecule is CNS(=O)(=O)c1cc(C(=O)N(C)Cc2ccc(C)cc2)cc(C)c1C. The van der Waals surface area contributed by atoms with Crippen LogP contribution in [0, 0.1) is 20.8 Å². The van der Waals surface area contributed by atoms with Crippen molar-refractivity contribution in [3.63, 3.8) is 0 Å². The lowest BCUT2D eigenvalue weighted by Crippen LogP contribution is -2.27. The predicted octanol–water partition coefficient (Wildman–Crippen LogP) is 2.79. The van der Waals surface area contributed by atoms with E-state index in [4.69, 9.17) is 0 Å². The molecule has 0 saturated carbocycles. The lowest BCUT2D eigenvalue weighted by molar-refractivity contribution is 0.0784. The summed E-state index contributed by atoms with van der Waals surface area (Å²) in [6.45, 7) is 6.02. The maximum absolute atomic E-state index is 12.8.